The van der Waals surface area contributed by atoms with Gasteiger partial charge >= 0.3 is 0 Å². The second-order valence-corrected chi connectivity index (χ2v) is 20.0. The van der Waals surface area contributed by atoms with Gasteiger partial charge in [0.2, 0.25) is 40.1 Å². The van der Waals surface area contributed by atoms with E-state index < -0.39 is 40.1 Å². The normalized spacial score (nSPS) is 12.5. The van der Waals surface area contributed by atoms with Crippen LogP contribution in [0.1, 0.15) is 44.5 Å². The Morgan fingerprint density at radius 1 is 0.315 bits per heavy atom. The van der Waals surface area contributed by atoms with Gasteiger partial charge in [-0.25, -0.2) is 52.6 Å². The minimum Gasteiger partial charge on any atom is -0.207 e. The first kappa shape index (κ1) is 40.9. The third-order valence-corrected chi connectivity index (χ3v) is 14.3. The third kappa shape index (κ3) is 10.5. The second kappa shape index (κ2) is 16.6. The summed E-state index contributed by atoms with van der Waals surface area (Å²) in [5.41, 5.74) is 4.76. The lowest BCUT2D eigenvalue weighted by molar-refractivity contribution is 0.575. The van der Waals surface area contributed by atoms with Gasteiger partial charge in [-0.1, -0.05) is 82.9 Å². The molecule has 16 heteroatoms. The molecule has 0 unspecified atom stereocenters. The lowest BCUT2D eigenvalue weighted by Gasteiger charge is -2.19. The molecule has 286 valence electrons. The maximum atomic E-state index is 13.3. The molecule has 0 heterocycles. The van der Waals surface area contributed by atoms with Crippen molar-refractivity contribution in [2.45, 2.75) is 73.5 Å². The first-order valence-corrected chi connectivity index (χ1v) is 22.7. The van der Waals surface area contributed by atoms with Crippen molar-refractivity contribution in [3.05, 3.63) is 154 Å². The van der Waals surface area contributed by atoms with Gasteiger partial charge in [0.25, 0.3) is 0 Å². The molecule has 0 radical (unpaired) electrons. The van der Waals surface area contributed by atoms with Gasteiger partial charge in [-0.2, -0.15) is 0 Å². The SMILES string of the molecule is Cc1ccc(S(=O)(=O)NCc2cc(CNS(=O)(=O)c3ccc(C)cc3)c(CNS(=O)(=O)c3ccc(C)cc3)cc2CNS(=O)(=O)c2ccc(C)cc2)cc1. The number of nitrogens with one attached hydrogen (secondary N) is 4. The van der Waals surface area contributed by atoms with Gasteiger partial charge in [0, 0.05) is 26.2 Å². The molecule has 0 aromatic heterocycles. The van der Waals surface area contributed by atoms with E-state index in [1.54, 1.807) is 60.7 Å². The zero-order valence-corrected chi connectivity index (χ0v) is 33.4. The van der Waals surface area contributed by atoms with Crippen LogP contribution in [0.15, 0.2) is 129 Å². The maximum Gasteiger partial charge on any atom is 0.240 e. The fourth-order valence-corrected chi connectivity index (χ4v) is 9.37. The van der Waals surface area contributed by atoms with Crippen LogP contribution in [0.2, 0.25) is 0 Å². The van der Waals surface area contributed by atoms with E-state index in [0.717, 1.165) is 22.3 Å². The monoisotopic (exact) mass is 810 g/mol. The Bertz CT molecular complexity index is 2200. The highest BCUT2D eigenvalue weighted by molar-refractivity contribution is 7.90. The fraction of sp³-hybridized carbons (Fsp3) is 0.211. The Hall–Kier alpha value is -4.26. The number of sulfonamides is 4. The largest absolute Gasteiger partial charge is 0.240 e. The fourth-order valence-electron chi connectivity index (χ4n) is 5.34. The molecule has 0 amide bonds. The molecule has 4 N–H and O–H groups in total. The molecule has 0 bridgehead atoms. The molecule has 0 aliphatic heterocycles. The lowest BCUT2D eigenvalue weighted by Crippen LogP contribution is -2.29. The number of rotatable bonds is 16. The van der Waals surface area contributed by atoms with Crippen LogP contribution in [0.4, 0.5) is 0 Å². The molecule has 12 nitrogen and oxygen atoms in total. The Morgan fingerprint density at radius 3 is 0.648 bits per heavy atom. The van der Waals surface area contributed by atoms with E-state index in [4.69, 9.17) is 0 Å². The van der Waals surface area contributed by atoms with Crippen LogP contribution < -0.4 is 18.9 Å². The summed E-state index contributed by atoms with van der Waals surface area (Å²) in [5, 5.41) is 0. The van der Waals surface area contributed by atoms with Crippen LogP contribution in [0, 0.1) is 27.7 Å². The van der Waals surface area contributed by atoms with Gasteiger partial charge in [-0.05, 0) is 98.5 Å². The van der Waals surface area contributed by atoms with Crippen LogP contribution in [-0.2, 0) is 66.3 Å². The van der Waals surface area contributed by atoms with Crippen molar-refractivity contribution in [3.8, 4) is 0 Å². The van der Waals surface area contributed by atoms with E-state index in [0.29, 0.717) is 22.3 Å². The minimum atomic E-state index is -4.04. The quantitative estimate of drug-likeness (QED) is 0.109. The van der Waals surface area contributed by atoms with Gasteiger partial charge < -0.3 is 0 Å². The van der Waals surface area contributed by atoms with Gasteiger partial charge in [0.05, 0.1) is 19.6 Å². The molecule has 0 saturated carbocycles. The number of hydrogen-bond donors (Lipinski definition) is 4. The van der Waals surface area contributed by atoms with Crippen LogP contribution in [0.3, 0.4) is 0 Å². The summed E-state index contributed by atoms with van der Waals surface area (Å²) >= 11 is 0. The molecule has 0 saturated heterocycles. The van der Waals surface area contributed by atoms with E-state index in [1.165, 1.54) is 48.5 Å². The van der Waals surface area contributed by atoms with Crippen molar-refractivity contribution >= 4 is 40.1 Å². The first-order valence-electron chi connectivity index (χ1n) is 16.7. The van der Waals surface area contributed by atoms with E-state index in [9.17, 15) is 33.7 Å². The topological polar surface area (TPSA) is 185 Å². The molecular weight excluding hydrogens is 769 g/mol. The molecular formula is C38H42N4O8S4. The molecule has 5 rings (SSSR count). The summed E-state index contributed by atoms with van der Waals surface area (Å²) in [4.78, 5) is 0.0664. The van der Waals surface area contributed by atoms with Crippen LogP contribution in [0.25, 0.3) is 0 Å². The minimum absolute atomic E-state index is 0.0166. The molecule has 0 spiro atoms. The standard InChI is InChI=1S/C38H42N4O8S4/c1-27-5-13-35(14-6-27)51(43,44)39-23-31-21-33(25-41-53(47,48)37-17-9-29(3)10-18-37)34(26-42-54(49,50)38-19-11-30(4)12-20-38)22-32(31)24-40-52(45,46)36-15-7-28(2)8-16-36/h5-22,39-42H,23-26H2,1-4H3. The second-order valence-electron chi connectivity index (χ2n) is 12.9. The van der Waals surface area contributed by atoms with Crippen molar-refractivity contribution in [2.75, 3.05) is 0 Å². The van der Waals surface area contributed by atoms with Crippen molar-refractivity contribution < 1.29 is 33.7 Å². The summed E-state index contributed by atoms with van der Waals surface area (Å²) in [6, 6.07) is 28.0. The van der Waals surface area contributed by atoms with Crippen molar-refractivity contribution in [1.29, 1.82) is 0 Å². The van der Waals surface area contributed by atoms with E-state index in [-0.39, 0.29) is 45.8 Å². The van der Waals surface area contributed by atoms with Crippen molar-refractivity contribution in [3.63, 3.8) is 0 Å². The molecule has 0 aliphatic rings. The molecule has 0 aliphatic carbocycles. The summed E-state index contributed by atoms with van der Waals surface area (Å²) in [5.74, 6) is 0. The van der Waals surface area contributed by atoms with Crippen LogP contribution in [-0.4, -0.2) is 33.7 Å². The van der Waals surface area contributed by atoms with Gasteiger partial charge in [0.15, 0.2) is 0 Å². The summed E-state index contributed by atoms with van der Waals surface area (Å²) in [7, 11) is -16.1. The molecule has 5 aromatic carbocycles. The highest BCUT2D eigenvalue weighted by atomic mass is 32.2. The van der Waals surface area contributed by atoms with Crippen molar-refractivity contribution in [2.24, 2.45) is 0 Å². The summed E-state index contributed by atoms with van der Waals surface area (Å²) in [6.45, 7) is 6.09. The van der Waals surface area contributed by atoms with Gasteiger partial charge in [-0.15, -0.1) is 0 Å². The molecule has 54 heavy (non-hydrogen) atoms. The van der Waals surface area contributed by atoms with E-state index in [2.05, 4.69) is 18.9 Å². The van der Waals surface area contributed by atoms with Gasteiger partial charge in [0.1, 0.15) is 0 Å². The maximum absolute atomic E-state index is 13.3. The highest BCUT2D eigenvalue weighted by Crippen LogP contribution is 2.23. The lowest BCUT2D eigenvalue weighted by atomic mass is 9.98. The molecule has 0 fully saturated rings. The Balaban J connectivity index is 1.55. The van der Waals surface area contributed by atoms with E-state index >= 15 is 0 Å². The predicted octanol–water partition coefficient (Wildman–Crippen LogP) is 4.83. The third-order valence-electron chi connectivity index (χ3n) is 8.66. The highest BCUT2D eigenvalue weighted by Gasteiger charge is 2.22. The zero-order valence-electron chi connectivity index (χ0n) is 30.1. The Kier molecular flexibility index (Phi) is 12.6. The molecule has 5 aromatic rings. The smallest absolute Gasteiger partial charge is 0.207 e. The number of benzene rings is 5. The number of hydrogen-bond acceptors (Lipinski definition) is 8. The first-order chi connectivity index (χ1) is 25.3. The van der Waals surface area contributed by atoms with Crippen LogP contribution >= 0.6 is 0 Å². The van der Waals surface area contributed by atoms with Gasteiger partial charge in [-0.3, -0.25) is 0 Å². The predicted molar refractivity (Wildman–Crippen MR) is 207 cm³/mol. The van der Waals surface area contributed by atoms with Crippen molar-refractivity contribution in [1.82, 2.24) is 18.9 Å². The zero-order chi connectivity index (χ0) is 39.3. The Labute approximate surface area is 318 Å². The number of aryl methyl sites for hydroxylation is 4. The van der Waals surface area contributed by atoms with E-state index in [1.807, 2.05) is 27.7 Å². The summed E-state index contributed by atoms with van der Waals surface area (Å²) < 4.78 is 117. The summed E-state index contributed by atoms with van der Waals surface area (Å²) in [6.07, 6.45) is 0. The van der Waals surface area contributed by atoms with Crippen LogP contribution in [0.5, 0.6) is 0 Å². The average molecular weight is 811 g/mol. The molecule has 0 atom stereocenters. The Morgan fingerprint density at radius 2 is 0.481 bits per heavy atom. The average Bonchev–Trinajstić information content (AvgIpc) is 3.12.